The van der Waals surface area contributed by atoms with Gasteiger partial charge in [-0.25, -0.2) is 0 Å². The molecule has 0 spiro atoms. The number of carbonyl (C=O) groups excluding carboxylic acids is 1. The average molecular weight is 215 g/mol. The van der Waals surface area contributed by atoms with E-state index in [-0.39, 0.29) is 5.78 Å². The Kier molecular flexibility index (Phi) is 5.83. The lowest BCUT2D eigenvalue weighted by Crippen LogP contribution is -2.36. The van der Waals surface area contributed by atoms with Crippen molar-refractivity contribution in [2.75, 3.05) is 40.0 Å². The molecule has 4 heteroatoms. The van der Waals surface area contributed by atoms with E-state index in [9.17, 15) is 4.79 Å². The first kappa shape index (κ1) is 12.6. The summed E-state index contributed by atoms with van der Waals surface area (Å²) in [6.07, 6.45) is 2.31. The lowest BCUT2D eigenvalue weighted by molar-refractivity contribution is -0.118. The lowest BCUT2D eigenvalue weighted by Gasteiger charge is -2.22. The Morgan fingerprint density at radius 2 is 2.27 bits per heavy atom. The molecular formula is C11H21NO3. The van der Waals surface area contributed by atoms with Crippen molar-refractivity contribution in [2.24, 2.45) is 0 Å². The largest absolute Gasteiger partial charge is 0.382 e. The minimum absolute atomic E-state index is 0.235. The minimum atomic E-state index is 0.235. The Morgan fingerprint density at radius 1 is 1.47 bits per heavy atom. The SMILES string of the molecule is COCCOC[C@H]1CCCN1CC(C)=O. The molecule has 1 fully saturated rings. The van der Waals surface area contributed by atoms with Gasteiger partial charge in [-0.3, -0.25) is 9.69 Å². The maximum Gasteiger partial charge on any atom is 0.143 e. The van der Waals surface area contributed by atoms with Gasteiger partial charge in [0.15, 0.2) is 0 Å². The first-order valence-electron chi connectivity index (χ1n) is 5.54. The minimum Gasteiger partial charge on any atom is -0.382 e. The number of carbonyl (C=O) groups is 1. The molecule has 0 N–H and O–H groups in total. The molecular weight excluding hydrogens is 194 g/mol. The van der Waals surface area contributed by atoms with Crippen molar-refractivity contribution in [2.45, 2.75) is 25.8 Å². The van der Waals surface area contributed by atoms with Crippen molar-refractivity contribution in [3.8, 4) is 0 Å². The molecule has 0 aromatic heterocycles. The fourth-order valence-electron chi connectivity index (χ4n) is 1.94. The van der Waals surface area contributed by atoms with Gasteiger partial charge < -0.3 is 9.47 Å². The summed E-state index contributed by atoms with van der Waals surface area (Å²) >= 11 is 0. The second kappa shape index (κ2) is 6.93. The van der Waals surface area contributed by atoms with E-state index in [1.165, 1.54) is 6.42 Å². The molecule has 1 atom stereocenters. The number of rotatable bonds is 7. The van der Waals surface area contributed by atoms with Gasteiger partial charge >= 0.3 is 0 Å². The topological polar surface area (TPSA) is 38.8 Å². The molecule has 1 aliphatic rings. The molecule has 0 radical (unpaired) electrons. The fourth-order valence-corrected chi connectivity index (χ4v) is 1.94. The lowest BCUT2D eigenvalue weighted by atomic mass is 10.2. The highest BCUT2D eigenvalue weighted by Gasteiger charge is 2.24. The van der Waals surface area contributed by atoms with Crippen LogP contribution in [0.25, 0.3) is 0 Å². The number of hydrogen-bond donors (Lipinski definition) is 0. The van der Waals surface area contributed by atoms with Crippen molar-refractivity contribution in [3.63, 3.8) is 0 Å². The highest BCUT2D eigenvalue weighted by Crippen LogP contribution is 2.16. The van der Waals surface area contributed by atoms with Crippen molar-refractivity contribution >= 4 is 5.78 Å². The molecule has 1 aliphatic heterocycles. The summed E-state index contributed by atoms with van der Waals surface area (Å²) in [5.74, 6) is 0.235. The van der Waals surface area contributed by atoms with Crippen molar-refractivity contribution in [1.82, 2.24) is 4.90 Å². The summed E-state index contributed by atoms with van der Waals surface area (Å²) in [5.41, 5.74) is 0. The van der Waals surface area contributed by atoms with Crippen LogP contribution in [0.1, 0.15) is 19.8 Å². The third-order valence-electron chi connectivity index (χ3n) is 2.67. The first-order valence-corrected chi connectivity index (χ1v) is 5.54. The van der Waals surface area contributed by atoms with Crippen molar-refractivity contribution < 1.29 is 14.3 Å². The van der Waals surface area contributed by atoms with Gasteiger partial charge in [0.2, 0.25) is 0 Å². The van der Waals surface area contributed by atoms with Crippen molar-refractivity contribution in [3.05, 3.63) is 0 Å². The summed E-state index contributed by atoms with van der Waals surface area (Å²) < 4.78 is 10.4. The summed E-state index contributed by atoms with van der Waals surface area (Å²) in [4.78, 5) is 13.2. The molecule has 4 nitrogen and oxygen atoms in total. The zero-order valence-corrected chi connectivity index (χ0v) is 9.70. The molecule has 0 unspecified atom stereocenters. The molecule has 0 saturated carbocycles. The predicted octanol–water partition coefficient (Wildman–Crippen LogP) is 0.703. The molecule has 0 aromatic rings. The van der Waals surface area contributed by atoms with E-state index in [1.54, 1.807) is 14.0 Å². The summed E-state index contributed by atoms with van der Waals surface area (Å²) in [6, 6.07) is 0.422. The van der Waals surface area contributed by atoms with Crippen LogP contribution in [0, 0.1) is 0 Å². The standard InChI is InChI=1S/C11H21NO3/c1-10(13)8-12-5-3-4-11(12)9-15-7-6-14-2/h11H,3-9H2,1-2H3/t11-/m1/s1. The summed E-state index contributed by atoms with van der Waals surface area (Å²) in [6.45, 7) is 5.23. The Balaban J connectivity index is 2.18. The normalized spacial score (nSPS) is 22.1. The quantitative estimate of drug-likeness (QED) is 0.586. The van der Waals surface area contributed by atoms with E-state index < -0.39 is 0 Å². The van der Waals surface area contributed by atoms with E-state index in [0.717, 1.165) is 19.6 Å². The number of ether oxygens (including phenoxy) is 2. The molecule has 0 aliphatic carbocycles. The van der Waals surface area contributed by atoms with Gasteiger partial charge in [-0.1, -0.05) is 0 Å². The van der Waals surface area contributed by atoms with Crippen LogP contribution >= 0.6 is 0 Å². The predicted molar refractivity (Wildman–Crippen MR) is 58.0 cm³/mol. The number of likely N-dealkylation sites (tertiary alicyclic amines) is 1. The van der Waals surface area contributed by atoms with Gasteiger partial charge in [-0.05, 0) is 26.3 Å². The van der Waals surface area contributed by atoms with Crippen LogP contribution in [-0.4, -0.2) is 56.7 Å². The van der Waals surface area contributed by atoms with Crippen molar-refractivity contribution in [1.29, 1.82) is 0 Å². The van der Waals surface area contributed by atoms with E-state index >= 15 is 0 Å². The highest BCUT2D eigenvalue weighted by atomic mass is 16.5. The second-order valence-electron chi connectivity index (χ2n) is 4.04. The third-order valence-corrected chi connectivity index (χ3v) is 2.67. The Bertz CT molecular complexity index is 196. The number of hydrogen-bond acceptors (Lipinski definition) is 4. The maximum absolute atomic E-state index is 11.0. The van der Waals surface area contributed by atoms with Crippen LogP contribution in [-0.2, 0) is 14.3 Å². The average Bonchev–Trinajstić information content (AvgIpc) is 2.59. The van der Waals surface area contributed by atoms with Gasteiger partial charge in [-0.15, -0.1) is 0 Å². The molecule has 1 heterocycles. The number of nitrogens with zero attached hydrogens (tertiary/aromatic N) is 1. The maximum atomic E-state index is 11.0. The molecule has 15 heavy (non-hydrogen) atoms. The zero-order chi connectivity index (χ0) is 11.1. The van der Waals surface area contributed by atoms with E-state index in [0.29, 0.717) is 25.8 Å². The van der Waals surface area contributed by atoms with Gasteiger partial charge in [0, 0.05) is 13.2 Å². The van der Waals surface area contributed by atoms with Crippen LogP contribution in [0.3, 0.4) is 0 Å². The molecule has 0 bridgehead atoms. The Labute approximate surface area is 91.5 Å². The van der Waals surface area contributed by atoms with Gasteiger partial charge in [0.1, 0.15) is 5.78 Å². The van der Waals surface area contributed by atoms with Crippen LogP contribution in [0.4, 0.5) is 0 Å². The van der Waals surface area contributed by atoms with Crippen LogP contribution < -0.4 is 0 Å². The summed E-state index contributed by atoms with van der Waals surface area (Å²) in [5, 5.41) is 0. The molecule has 0 aromatic carbocycles. The second-order valence-corrected chi connectivity index (χ2v) is 4.04. The van der Waals surface area contributed by atoms with Gasteiger partial charge in [0.25, 0.3) is 0 Å². The smallest absolute Gasteiger partial charge is 0.143 e. The number of methoxy groups -OCH3 is 1. The van der Waals surface area contributed by atoms with Gasteiger partial charge in [-0.2, -0.15) is 0 Å². The molecule has 0 amide bonds. The van der Waals surface area contributed by atoms with E-state index in [4.69, 9.17) is 9.47 Å². The number of ketones is 1. The monoisotopic (exact) mass is 215 g/mol. The van der Waals surface area contributed by atoms with Crippen LogP contribution in [0.5, 0.6) is 0 Å². The van der Waals surface area contributed by atoms with Crippen LogP contribution in [0.15, 0.2) is 0 Å². The molecule has 88 valence electrons. The fraction of sp³-hybridized carbons (Fsp3) is 0.909. The van der Waals surface area contributed by atoms with E-state index in [1.807, 2.05) is 0 Å². The summed E-state index contributed by atoms with van der Waals surface area (Å²) in [7, 11) is 1.67. The third kappa shape index (κ3) is 4.73. The van der Waals surface area contributed by atoms with Gasteiger partial charge in [0.05, 0.1) is 26.4 Å². The Hall–Kier alpha value is -0.450. The highest BCUT2D eigenvalue weighted by molar-refractivity contribution is 5.77. The van der Waals surface area contributed by atoms with E-state index in [2.05, 4.69) is 4.90 Å². The molecule has 1 saturated heterocycles. The first-order chi connectivity index (χ1) is 7.24. The number of Topliss-reactive ketones (excluding diaryl/α,β-unsaturated/α-hetero) is 1. The molecule has 1 rings (SSSR count). The van der Waals surface area contributed by atoms with Crippen LogP contribution in [0.2, 0.25) is 0 Å². The Morgan fingerprint density at radius 3 is 2.93 bits per heavy atom. The zero-order valence-electron chi connectivity index (χ0n) is 9.70.